The molecule has 3 aromatic heterocycles. The summed E-state index contributed by atoms with van der Waals surface area (Å²) in [4.78, 5) is 33.0. The van der Waals surface area contributed by atoms with E-state index in [-0.39, 0.29) is 16.9 Å². The zero-order chi connectivity index (χ0) is 22.0. The number of fused-ring (bicyclic) bond motifs is 3. The lowest BCUT2D eigenvalue weighted by atomic mass is 9.72. The van der Waals surface area contributed by atoms with E-state index < -0.39 is 0 Å². The van der Waals surface area contributed by atoms with Crippen molar-refractivity contribution >= 4 is 27.5 Å². The fraction of sp³-hybridized carbons (Fsp3) is 0.545. The third-order valence-electron chi connectivity index (χ3n) is 6.42. The van der Waals surface area contributed by atoms with E-state index >= 15 is 0 Å². The van der Waals surface area contributed by atoms with Crippen LogP contribution in [-0.4, -0.2) is 25.3 Å². The van der Waals surface area contributed by atoms with Gasteiger partial charge in [0.25, 0.3) is 11.5 Å². The Hall–Kier alpha value is -2.48. The second-order valence-corrected chi connectivity index (χ2v) is 10.5. The first kappa shape index (κ1) is 20.8. The molecule has 7 nitrogen and oxygen atoms in total. The summed E-state index contributed by atoms with van der Waals surface area (Å²) in [5.41, 5.74) is 5.80. The van der Waals surface area contributed by atoms with E-state index in [0.717, 1.165) is 35.4 Å². The van der Waals surface area contributed by atoms with Crippen LogP contribution in [0.5, 0.6) is 0 Å². The number of nitrogens with zero attached hydrogens (tertiary/aromatic N) is 4. The summed E-state index contributed by atoms with van der Waals surface area (Å²) in [5.74, 6) is 0.727. The minimum atomic E-state index is -0.346. The van der Waals surface area contributed by atoms with Crippen LogP contribution in [0.1, 0.15) is 65.2 Å². The quantitative estimate of drug-likeness (QED) is 0.677. The van der Waals surface area contributed by atoms with Gasteiger partial charge < -0.3 is 0 Å². The number of amides is 1. The molecule has 30 heavy (non-hydrogen) atoms. The fourth-order valence-electron chi connectivity index (χ4n) is 4.46. The van der Waals surface area contributed by atoms with Crippen molar-refractivity contribution in [2.45, 2.75) is 60.8 Å². The number of nitrogens with one attached hydrogen (secondary N) is 1. The van der Waals surface area contributed by atoms with Crippen molar-refractivity contribution in [2.24, 2.45) is 18.4 Å². The lowest BCUT2D eigenvalue weighted by Crippen LogP contribution is -2.36. The Bertz CT molecular complexity index is 1230. The van der Waals surface area contributed by atoms with Gasteiger partial charge in [0.2, 0.25) is 0 Å². The van der Waals surface area contributed by atoms with Gasteiger partial charge in [0, 0.05) is 17.6 Å². The molecule has 0 radical (unpaired) electrons. The molecule has 3 heterocycles. The Morgan fingerprint density at radius 3 is 2.53 bits per heavy atom. The van der Waals surface area contributed by atoms with Crippen molar-refractivity contribution in [1.82, 2.24) is 19.4 Å². The molecule has 0 saturated carbocycles. The Balaban J connectivity index is 1.76. The molecular formula is C22H29N5O2S. The summed E-state index contributed by atoms with van der Waals surface area (Å²) in [6.45, 7) is 12.2. The van der Waals surface area contributed by atoms with Gasteiger partial charge in [0.1, 0.15) is 10.7 Å². The van der Waals surface area contributed by atoms with Gasteiger partial charge in [-0.25, -0.2) is 9.66 Å². The van der Waals surface area contributed by atoms with Crippen molar-refractivity contribution in [3.05, 3.63) is 43.6 Å². The minimum Gasteiger partial charge on any atom is -0.272 e. The maximum absolute atomic E-state index is 13.4. The highest BCUT2D eigenvalue weighted by Crippen LogP contribution is 2.42. The molecule has 1 amide bonds. The van der Waals surface area contributed by atoms with Gasteiger partial charge in [-0.3, -0.25) is 19.7 Å². The van der Waals surface area contributed by atoms with Crippen molar-refractivity contribution in [3.8, 4) is 0 Å². The number of rotatable bonds is 2. The summed E-state index contributed by atoms with van der Waals surface area (Å²) in [6.07, 6.45) is 2.93. The normalized spacial score (nSPS) is 16.7. The summed E-state index contributed by atoms with van der Waals surface area (Å²) >= 11 is 1.63. The number of hydrogen-bond donors (Lipinski definition) is 1. The Morgan fingerprint density at radius 2 is 1.93 bits per heavy atom. The van der Waals surface area contributed by atoms with Crippen LogP contribution < -0.4 is 11.0 Å². The molecular weight excluding hydrogens is 398 g/mol. The Morgan fingerprint density at radius 1 is 1.23 bits per heavy atom. The molecule has 8 heteroatoms. The smallest absolute Gasteiger partial charge is 0.272 e. The van der Waals surface area contributed by atoms with E-state index in [0.29, 0.717) is 28.4 Å². The van der Waals surface area contributed by atoms with Crippen LogP contribution in [0, 0.1) is 32.1 Å². The molecule has 1 aliphatic rings. The Labute approximate surface area is 180 Å². The summed E-state index contributed by atoms with van der Waals surface area (Å²) in [7, 11) is 1.80. The lowest BCUT2D eigenvalue weighted by molar-refractivity contribution is 0.100. The number of carbonyl (C=O) groups is 1. The molecule has 0 fully saturated rings. The molecule has 0 aliphatic heterocycles. The first-order chi connectivity index (χ1) is 14.0. The predicted molar refractivity (Wildman–Crippen MR) is 120 cm³/mol. The Kier molecular flexibility index (Phi) is 4.88. The van der Waals surface area contributed by atoms with Crippen molar-refractivity contribution in [3.63, 3.8) is 0 Å². The van der Waals surface area contributed by atoms with Crippen LogP contribution in [-0.2, 0) is 19.9 Å². The topological polar surface area (TPSA) is 81.8 Å². The van der Waals surface area contributed by atoms with Gasteiger partial charge in [-0.05, 0) is 56.9 Å². The largest absolute Gasteiger partial charge is 0.281 e. The van der Waals surface area contributed by atoms with Crippen LogP contribution in [0.2, 0.25) is 0 Å². The summed E-state index contributed by atoms with van der Waals surface area (Å²) in [6, 6.07) is 0. The standard InChI is InChI=1S/C22H29N5O2S/c1-11-17(12(2)26(7)24-11)19(28)25-27-13(3)23-20-18(21(27)29)15-9-8-14(22(4,5)6)10-16(15)30-20/h14H,8-10H2,1-7H3,(H,25,28). The van der Waals surface area contributed by atoms with E-state index in [1.165, 1.54) is 9.55 Å². The molecule has 4 rings (SSSR count). The van der Waals surface area contributed by atoms with Crippen molar-refractivity contribution in [1.29, 1.82) is 0 Å². The van der Waals surface area contributed by atoms with Gasteiger partial charge in [-0.2, -0.15) is 5.10 Å². The fourth-order valence-corrected chi connectivity index (χ4v) is 5.79. The molecule has 0 spiro atoms. The van der Waals surface area contributed by atoms with Gasteiger partial charge in [0.15, 0.2) is 0 Å². The molecule has 1 aliphatic carbocycles. The molecule has 3 aromatic rings. The van der Waals surface area contributed by atoms with E-state index in [2.05, 4.69) is 36.3 Å². The average Bonchev–Trinajstić information content (AvgIpc) is 3.13. The van der Waals surface area contributed by atoms with Crippen molar-refractivity contribution < 1.29 is 4.79 Å². The van der Waals surface area contributed by atoms with Gasteiger partial charge in [-0.1, -0.05) is 20.8 Å². The van der Waals surface area contributed by atoms with Crippen LogP contribution in [0.25, 0.3) is 10.2 Å². The highest BCUT2D eigenvalue weighted by molar-refractivity contribution is 7.18. The van der Waals surface area contributed by atoms with Gasteiger partial charge in [-0.15, -0.1) is 11.3 Å². The minimum absolute atomic E-state index is 0.197. The first-order valence-corrected chi connectivity index (χ1v) is 11.2. The molecule has 0 aromatic carbocycles. The number of aryl methyl sites for hydroxylation is 4. The lowest BCUT2D eigenvalue weighted by Gasteiger charge is -2.33. The van der Waals surface area contributed by atoms with Crippen LogP contribution >= 0.6 is 11.3 Å². The number of thiophene rings is 1. The van der Waals surface area contributed by atoms with E-state index in [9.17, 15) is 9.59 Å². The monoisotopic (exact) mass is 427 g/mol. The SMILES string of the molecule is Cc1nn(C)c(C)c1C(=O)Nn1c(C)nc2sc3c(c2c1=O)CCC(C(C)(C)C)C3. The zero-order valence-electron chi connectivity index (χ0n) is 18.7. The van der Waals surface area contributed by atoms with Crippen molar-refractivity contribution in [2.75, 3.05) is 5.43 Å². The second kappa shape index (κ2) is 7.04. The maximum atomic E-state index is 13.4. The second-order valence-electron chi connectivity index (χ2n) is 9.40. The molecule has 0 bridgehead atoms. The third kappa shape index (κ3) is 3.27. The van der Waals surface area contributed by atoms with E-state index in [4.69, 9.17) is 0 Å². The summed E-state index contributed by atoms with van der Waals surface area (Å²) in [5, 5.41) is 4.96. The maximum Gasteiger partial charge on any atom is 0.281 e. The van der Waals surface area contributed by atoms with Gasteiger partial charge >= 0.3 is 0 Å². The number of aromatic nitrogens is 4. The molecule has 1 atom stereocenters. The molecule has 160 valence electrons. The van der Waals surface area contributed by atoms with Crippen LogP contribution in [0.15, 0.2) is 4.79 Å². The molecule has 0 saturated heterocycles. The highest BCUT2D eigenvalue weighted by atomic mass is 32.1. The first-order valence-electron chi connectivity index (χ1n) is 10.3. The van der Waals surface area contributed by atoms with Crippen LogP contribution in [0.4, 0.5) is 0 Å². The highest BCUT2D eigenvalue weighted by Gasteiger charge is 2.32. The number of carbonyl (C=O) groups excluding carboxylic acids is 1. The third-order valence-corrected chi connectivity index (χ3v) is 7.57. The molecule has 1 unspecified atom stereocenters. The predicted octanol–water partition coefficient (Wildman–Crippen LogP) is 3.65. The number of hydrogen-bond acceptors (Lipinski definition) is 5. The zero-order valence-corrected chi connectivity index (χ0v) is 19.5. The summed E-state index contributed by atoms with van der Waals surface area (Å²) < 4.78 is 2.96. The van der Waals surface area contributed by atoms with E-state index in [1.807, 2.05) is 6.92 Å². The van der Waals surface area contributed by atoms with Crippen LogP contribution in [0.3, 0.4) is 0 Å². The average molecular weight is 428 g/mol. The molecule has 1 N–H and O–H groups in total. The van der Waals surface area contributed by atoms with Gasteiger partial charge in [0.05, 0.1) is 16.6 Å². The van der Waals surface area contributed by atoms with E-state index in [1.54, 1.807) is 36.9 Å².